The van der Waals surface area contributed by atoms with Gasteiger partial charge in [0.25, 0.3) is 5.56 Å². The number of aryl methyl sites for hydroxylation is 1. The van der Waals surface area contributed by atoms with E-state index in [0.717, 1.165) is 5.69 Å². The van der Waals surface area contributed by atoms with Gasteiger partial charge in [0.15, 0.2) is 5.65 Å². The van der Waals surface area contributed by atoms with Crippen molar-refractivity contribution in [3.63, 3.8) is 0 Å². The van der Waals surface area contributed by atoms with Gasteiger partial charge in [-0.15, -0.1) is 0 Å². The standard InChI is InChI=1S/C12H12N6O/c1-6-3-10(13)18-11(15-6)8(5-14-18)4-9-12(19)17-7(2)16-9/h3-5,16H,2,13H2,1H3,(H,17,19)/b9-4-. The Morgan fingerprint density at radius 3 is 2.95 bits per heavy atom. The summed E-state index contributed by atoms with van der Waals surface area (Å²) in [6.07, 6.45) is 3.28. The molecule has 19 heavy (non-hydrogen) atoms. The molecule has 4 N–H and O–H groups in total. The molecule has 3 rings (SSSR count). The fourth-order valence-corrected chi connectivity index (χ4v) is 1.94. The van der Waals surface area contributed by atoms with E-state index in [1.54, 1.807) is 18.3 Å². The van der Waals surface area contributed by atoms with Crippen LogP contribution in [0, 0.1) is 6.92 Å². The zero-order valence-corrected chi connectivity index (χ0v) is 10.3. The molecule has 0 amide bonds. The van der Waals surface area contributed by atoms with Crippen molar-refractivity contribution in [2.75, 3.05) is 5.73 Å². The van der Waals surface area contributed by atoms with Gasteiger partial charge >= 0.3 is 0 Å². The third kappa shape index (κ3) is 1.81. The van der Waals surface area contributed by atoms with E-state index in [9.17, 15) is 4.79 Å². The van der Waals surface area contributed by atoms with Crippen LogP contribution >= 0.6 is 0 Å². The maximum atomic E-state index is 11.6. The fraction of sp³-hybridized carbons (Fsp3) is 0.0833. The number of imidazole rings is 1. The van der Waals surface area contributed by atoms with Crippen molar-refractivity contribution in [2.24, 2.45) is 0 Å². The van der Waals surface area contributed by atoms with Gasteiger partial charge in [-0.05, 0) is 13.0 Å². The Labute approximate surface area is 107 Å². The number of nitrogens with one attached hydrogen (secondary N) is 2. The summed E-state index contributed by atoms with van der Waals surface area (Å²) in [5.41, 5.74) is 8.19. The van der Waals surface area contributed by atoms with Crippen molar-refractivity contribution >= 4 is 24.1 Å². The summed E-state index contributed by atoms with van der Waals surface area (Å²) in [5, 5.41) is 4.55. The smallest absolute Gasteiger partial charge is 0.273 e. The van der Waals surface area contributed by atoms with Crippen LogP contribution in [-0.2, 0) is 0 Å². The normalized spacial score (nSPS) is 12.4. The molecule has 0 unspecified atom stereocenters. The van der Waals surface area contributed by atoms with E-state index in [0.29, 0.717) is 27.9 Å². The number of nitrogens with zero attached hydrogens (tertiary/aromatic N) is 3. The number of fused-ring (bicyclic) bond motifs is 1. The monoisotopic (exact) mass is 256 g/mol. The molecular weight excluding hydrogens is 244 g/mol. The fourth-order valence-electron chi connectivity index (χ4n) is 1.94. The van der Waals surface area contributed by atoms with Gasteiger partial charge in [0.1, 0.15) is 16.6 Å². The number of hydrogen-bond acceptors (Lipinski definition) is 4. The molecule has 0 fully saturated rings. The number of aromatic nitrogens is 5. The molecule has 3 aromatic heterocycles. The second-order valence-corrected chi connectivity index (χ2v) is 4.27. The van der Waals surface area contributed by atoms with Crippen LogP contribution in [0.5, 0.6) is 0 Å². The van der Waals surface area contributed by atoms with E-state index in [1.807, 2.05) is 6.92 Å². The Kier molecular flexibility index (Phi) is 2.28. The Morgan fingerprint density at radius 2 is 2.26 bits per heavy atom. The maximum Gasteiger partial charge on any atom is 0.273 e. The highest BCUT2D eigenvalue weighted by molar-refractivity contribution is 5.66. The Morgan fingerprint density at radius 1 is 1.47 bits per heavy atom. The SMILES string of the molecule is C=c1[nH]c(=O)/c(=C/c2cnn3c(N)cc(C)nc23)[nH]1. The molecule has 3 heterocycles. The predicted molar refractivity (Wildman–Crippen MR) is 71.9 cm³/mol. The third-order valence-electron chi connectivity index (χ3n) is 2.75. The predicted octanol–water partition coefficient (Wildman–Crippen LogP) is -1.12. The van der Waals surface area contributed by atoms with Crippen LogP contribution in [0.2, 0.25) is 0 Å². The zero-order chi connectivity index (χ0) is 13.6. The molecule has 0 radical (unpaired) electrons. The van der Waals surface area contributed by atoms with E-state index in [1.165, 1.54) is 4.52 Å². The largest absolute Gasteiger partial charge is 0.384 e. The van der Waals surface area contributed by atoms with Gasteiger partial charge in [-0.3, -0.25) is 4.79 Å². The molecule has 0 saturated heterocycles. The van der Waals surface area contributed by atoms with Gasteiger partial charge in [0.2, 0.25) is 0 Å². The maximum absolute atomic E-state index is 11.6. The number of nitrogens with two attached hydrogens (primary N) is 1. The summed E-state index contributed by atoms with van der Waals surface area (Å²) in [4.78, 5) is 21.4. The van der Waals surface area contributed by atoms with E-state index in [-0.39, 0.29) is 5.56 Å². The minimum absolute atomic E-state index is 0.232. The van der Waals surface area contributed by atoms with Crippen LogP contribution in [-0.4, -0.2) is 24.6 Å². The lowest BCUT2D eigenvalue weighted by Crippen LogP contribution is -2.22. The molecule has 0 saturated carbocycles. The molecule has 7 heteroatoms. The van der Waals surface area contributed by atoms with Gasteiger partial charge in [-0.25, -0.2) is 4.98 Å². The second-order valence-electron chi connectivity index (χ2n) is 4.27. The van der Waals surface area contributed by atoms with Crippen LogP contribution in [0.4, 0.5) is 5.82 Å². The molecule has 0 bridgehead atoms. The molecular formula is C12H12N6O. The quantitative estimate of drug-likeness (QED) is 0.512. The van der Waals surface area contributed by atoms with Gasteiger partial charge in [0, 0.05) is 17.3 Å². The molecule has 0 aliphatic carbocycles. The first-order chi connectivity index (χ1) is 9.04. The summed E-state index contributed by atoms with van der Waals surface area (Å²) in [5.74, 6) is 0.500. The molecule has 3 aromatic rings. The van der Waals surface area contributed by atoms with Crippen molar-refractivity contribution in [2.45, 2.75) is 6.92 Å². The number of H-pyrrole nitrogens is 2. The van der Waals surface area contributed by atoms with Crippen molar-refractivity contribution in [3.05, 3.63) is 44.7 Å². The Bertz CT molecular complexity index is 929. The highest BCUT2D eigenvalue weighted by atomic mass is 16.1. The molecule has 0 aromatic carbocycles. The van der Waals surface area contributed by atoms with Crippen LogP contribution < -0.4 is 22.1 Å². The Balaban J connectivity index is 2.33. The first-order valence-corrected chi connectivity index (χ1v) is 5.64. The molecule has 0 atom stereocenters. The topological polar surface area (TPSA) is 105 Å². The zero-order valence-electron chi connectivity index (χ0n) is 10.3. The summed E-state index contributed by atoms with van der Waals surface area (Å²) in [7, 11) is 0. The number of hydrogen-bond donors (Lipinski definition) is 3. The van der Waals surface area contributed by atoms with Crippen molar-refractivity contribution in [1.29, 1.82) is 0 Å². The van der Waals surface area contributed by atoms with Crippen molar-refractivity contribution in [1.82, 2.24) is 24.6 Å². The minimum Gasteiger partial charge on any atom is -0.384 e. The summed E-state index contributed by atoms with van der Waals surface area (Å²) in [6.45, 7) is 5.48. The minimum atomic E-state index is -0.232. The lowest BCUT2D eigenvalue weighted by atomic mass is 10.3. The molecule has 96 valence electrons. The third-order valence-corrected chi connectivity index (χ3v) is 2.75. The number of aromatic amines is 2. The van der Waals surface area contributed by atoms with E-state index < -0.39 is 0 Å². The summed E-state index contributed by atoms with van der Waals surface area (Å²) >= 11 is 0. The van der Waals surface area contributed by atoms with Gasteiger partial charge < -0.3 is 15.7 Å². The van der Waals surface area contributed by atoms with Crippen molar-refractivity contribution < 1.29 is 0 Å². The lowest BCUT2D eigenvalue weighted by Gasteiger charge is -2.00. The second kappa shape index (κ2) is 3.84. The van der Waals surface area contributed by atoms with Gasteiger partial charge in [-0.1, -0.05) is 6.58 Å². The molecule has 0 aliphatic heterocycles. The van der Waals surface area contributed by atoms with E-state index >= 15 is 0 Å². The first kappa shape index (κ1) is 11.3. The van der Waals surface area contributed by atoms with Crippen molar-refractivity contribution in [3.8, 4) is 0 Å². The highest BCUT2D eigenvalue weighted by Gasteiger charge is 2.07. The highest BCUT2D eigenvalue weighted by Crippen LogP contribution is 2.13. The van der Waals surface area contributed by atoms with Crippen LogP contribution in [0.15, 0.2) is 17.1 Å². The van der Waals surface area contributed by atoms with Gasteiger partial charge in [-0.2, -0.15) is 9.61 Å². The van der Waals surface area contributed by atoms with E-state index in [2.05, 4.69) is 26.6 Å². The molecule has 7 nitrogen and oxygen atoms in total. The average Bonchev–Trinajstić information content (AvgIpc) is 2.84. The van der Waals surface area contributed by atoms with Crippen LogP contribution in [0.25, 0.3) is 18.3 Å². The van der Waals surface area contributed by atoms with E-state index in [4.69, 9.17) is 5.73 Å². The number of rotatable bonds is 1. The van der Waals surface area contributed by atoms with Crippen LogP contribution in [0.1, 0.15) is 11.3 Å². The molecule has 0 aliphatic rings. The van der Waals surface area contributed by atoms with Crippen LogP contribution in [0.3, 0.4) is 0 Å². The average molecular weight is 256 g/mol. The summed E-state index contributed by atoms with van der Waals surface area (Å²) in [6, 6.07) is 1.74. The first-order valence-electron chi connectivity index (χ1n) is 5.64. The Hall–Kier alpha value is -2.83. The van der Waals surface area contributed by atoms with Gasteiger partial charge in [0.05, 0.1) is 6.20 Å². The lowest BCUT2D eigenvalue weighted by molar-refractivity contribution is 0.942. The summed E-state index contributed by atoms with van der Waals surface area (Å²) < 4.78 is 1.53. The number of nitrogen functional groups attached to an aromatic ring is 1. The molecule has 0 spiro atoms. The number of anilines is 1.